The van der Waals surface area contributed by atoms with E-state index in [1.54, 1.807) is 0 Å². The van der Waals surface area contributed by atoms with Crippen molar-refractivity contribution in [3.05, 3.63) is 0 Å². The smallest absolute Gasteiger partial charge is 0.326 e. The van der Waals surface area contributed by atoms with Gasteiger partial charge in [0.25, 0.3) is 0 Å². The van der Waals surface area contributed by atoms with Crippen LogP contribution in [0.2, 0.25) is 0 Å². The molecule has 0 radical (unpaired) electrons. The van der Waals surface area contributed by atoms with E-state index in [1.807, 2.05) is 6.92 Å². The molecule has 2 rings (SSSR count). The van der Waals surface area contributed by atoms with Crippen molar-refractivity contribution in [3.8, 4) is 0 Å². The summed E-state index contributed by atoms with van der Waals surface area (Å²) in [5, 5.41) is 8.22. The first-order valence-electron chi connectivity index (χ1n) is 7.08. The number of aliphatic carboxylic acids is 1. The highest BCUT2D eigenvalue weighted by atomic mass is 32.2. The molecule has 0 bridgehead atoms. The van der Waals surface area contributed by atoms with Gasteiger partial charge in [0.05, 0.1) is 5.75 Å². The zero-order valence-corrected chi connectivity index (χ0v) is 12.4. The molecule has 3 unspecified atom stereocenters. The number of likely N-dealkylation sites (tertiary alicyclic amines) is 1. The lowest BCUT2D eigenvalue weighted by Crippen LogP contribution is -2.55. The van der Waals surface area contributed by atoms with Crippen molar-refractivity contribution < 1.29 is 23.1 Å². The molecule has 6 nitrogen and oxygen atoms in total. The van der Waals surface area contributed by atoms with Gasteiger partial charge >= 0.3 is 5.97 Å². The Bertz CT molecular complexity index is 501. The summed E-state index contributed by atoms with van der Waals surface area (Å²) in [5.41, 5.74) is 0. The number of hydrogen-bond acceptors (Lipinski definition) is 4. The number of hydrogen-bond donors (Lipinski definition) is 1. The van der Waals surface area contributed by atoms with E-state index in [1.165, 1.54) is 4.90 Å². The van der Waals surface area contributed by atoms with Crippen molar-refractivity contribution >= 4 is 21.7 Å². The van der Waals surface area contributed by atoms with Crippen LogP contribution in [-0.4, -0.2) is 53.9 Å². The second kappa shape index (κ2) is 5.71. The number of carboxylic acids is 1. The Morgan fingerprint density at radius 2 is 1.90 bits per heavy atom. The van der Waals surface area contributed by atoms with Crippen LogP contribution < -0.4 is 0 Å². The van der Waals surface area contributed by atoms with Gasteiger partial charge in [-0.2, -0.15) is 0 Å². The molecule has 1 N–H and O–H groups in total. The van der Waals surface area contributed by atoms with Gasteiger partial charge in [-0.1, -0.05) is 13.3 Å². The molecule has 1 amide bonds. The normalized spacial score (nSPS) is 33.6. The van der Waals surface area contributed by atoms with Crippen molar-refractivity contribution in [1.29, 1.82) is 0 Å². The fourth-order valence-corrected chi connectivity index (χ4v) is 4.92. The third kappa shape index (κ3) is 2.97. The van der Waals surface area contributed by atoms with Crippen LogP contribution in [0, 0.1) is 5.92 Å². The summed E-state index contributed by atoms with van der Waals surface area (Å²) in [7, 11) is -3.42. The number of carboxylic acid groups (broad SMARTS) is 1. The van der Waals surface area contributed by atoms with Crippen LogP contribution >= 0.6 is 0 Å². The molecule has 2 aliphatic heterocycles. The van der Waals surface area contributed by atoms with Crippen LogP contribution in [0.3, 0.4) is 0 Å². The Balaban J connectivity index is 2.20. The third-order valence-corrected chi connectivity index (χ3v) is 6.45. The summed E-state index contributed by atoms with van der Waals surface area (Å²) in [6.07, 6.45) is 2.73. The van der Waals surface area contributed by atoms with Crippen molar-refractivity contribution in [3.63, 3.8) is 0 Å². The number of amides is 1. The quantitative estimate of drug-likeness (QED) is 0.809. The molecule has 7 heteroatoms. The van der Waals surface area contributed by atoms with Gasteiger partial charge in [-0.3, -0.25) is 4.79 Å². The second-order valence-electron chi connectivity index (χ2n) is 5.87. The Morgan fingerprint density at radius 1 is 1.20 bits per heavy atom. The maximum absolute atomic E-state index is 12.5. The lowest BCUT2D eigenvalue weighted by Gasteiger charge is -2.38. The Labute approximate surface area is 119 Å². The van der Waals surface area contributed by atoms with E-state index in [9.17, 15) is 23.1 Å². The van der Waals surface area contributed by atoms with Gasteiger partial charge in [0.2, 0.25) is 5.91 Å². The minimum atomic E-state index is -3.42. The van der Waals surface area contributed by atoms with E-state index < -0.39 is 33.0 Å². The average molecular weight is 303 g/mol. The van der Waals surface area contributed by atoms with Gasteiger partial charge in [-0.25, -0.2) is 13.2 Å². The van der Waals surface area contributed by atoms with E-state index in [4.69, 9.17) is 0 Å². The minimum Gasteiger partial charge on any atom is -0.480 e. The topological polar surface area (TPSA) is 91.8 Å². The molecule has 2 saturated heterocycles. The van der Waals surface area contributed by atoms with Crippen molar-refractivity contribution in [2.75, 3.05) is 12.3 Å². The number of sulfone groups is 1. The zero-order chi connectivity index (χ0) is 14.9. The first kappa shape index (κ1) is 15.3. The summed E-state index contributed by atoms with van der Waals surface area (Å²) in [4.78, 5) is 25.1. The zero-order valence-electron chi connectivity index (χ0n) is 11.6. The number of rotatable bonds is 2. The van der Waals surface area contributed by atoms with Gasteiger partial charge in [0.15, 0.2) is 9.84 Å². The largest absolute Gasteiger partial charge is 0.480 e. The maximum Gasteiger partial charge on any atom is 0.326 e. The molecule has 114 valence electrons. The average Bonchev–Trinajstić information content (AvgIpc) is 2.37. The van der Waals surface area contributed by atoms with Crippen molar-refractivity contribution in [1.82, 2.24) is 4.90 Å². The molecule has 2 heterocycles. The Morgan fingerprint density at radius 3 is 2.50 bits per heavy atom. The molecule has 0 aromatic heterocycles. The molecule has 3 atom stereocenters. The maximum atomic E-state index is 12.5. The van der Waals surface area contributed by atoms with Gasteiger partial charge in [-0.05, 0) is 31.6 Å². The standard InChI is InChI=1S/C13H21NO5S/c1-9-5-6-14(10(8-9)13(16)17)12(15)11-4-2-3-7-20(11,18)19/h9-11H,2-8H2,1H3,(H,16,17). The highest BCUT2D eigenvalue weighted by Crippen LogP contribution is 2.27. The van der Waals surface area contributed by atoms with E-state index in [-0.39, 0.29) is 11.7 Å². The number of nitrogens with zero attached hydrogens (tertiary/aromatic N) is 1. The molecular weight excluding hydrogens is 282 g/mol. The number of carbonyl (C=O) groups excluding carboxylic acids is 1. The summed E-state index contributed by atoms with van der Waals surface area (Å²) in [6.45, 7) is 2.29. The summed E-state index contributed by atoms with van der Waals surface area (Å²) in [6, 6.07) is -0.886. The second-order valence-corrected chi connectivity index (χ2v) is 8.17. The number of carbonyl (C=O) groups is 2. The fraction of sp³-hybridized carbons (Fsp3) is 0.846. The highest BCUT2D eigenvalue weighted by Gasteiger charge is 2.42. The van der Waals surface area contributed by atoms with Crippen LogP contribution in [-0.2, 0) is 19.4 Å². The Kier molecular flexibility index (Phi) is 4.36. The third-order valence-electron chi connectivity index (χ3n) is 4.29. The van der Waals surface area contributed by atoms with E-state index >= 15 is 0 Å². The Hall–Kier alpha value is -1.11. The number of piperidine rings is 1. The first-order valence-corrected chi connectivity index (χ1v) is 8.79. The summed E-state index contributed by atoms with van der Waals surface area (Å²) < 4.78 is 24.0. The van der Waals surface area contributed by atoms with Gasteiger partial charge in [0.1, 0.15) is 11.3 Å². The predicted molar refractivity (Wildman–Crippen MR) is 73.0 cm³/mol. The molecule has 0 aromatic carbocycles. The van der Waals surface area contributed by atoms with E-state index in [2.05, 4.69) is 0 Å². The lowest BCUT2D eigenvalue weighted by molar-refractivity contribution is -0.153. The molecular formula is C13H21NO5S. The summed E-state index contributed by atoms with van der Waals surface area (Å²) in [5.74, 6) is -1.28. The molecule has 0 spiro atoms. The summed E-state index contributed by atoms with van der Waals surface area (Å²) >= 11 is 0. The predicted octanol–water partition coefficient (Wildman–Crippen LogP) is 0.665. The van der Waals surface area contributed by atoms with Crippen LogP contribution in [0.15, 0.2) is 0 Å². The molecule has 0 saturated carbocycles. The van der Waals surface area contributed by atoms with Gasteiger partial charge in [0, 0.05) is 6.54 Å². The molecule has 0 aromatic rings. The molecule has 20 heavy (non-hydrogen) atoms. The van der Waals surface area contributed by atoms with Crippen LogP contribution in [0.1, 0.15) is 39.0 Å². The van der Waals surface area contributed by atoms with Gasteiger partial charge < -0.3 is 10.0 Å². The SMILES string of the molecule is CC1CCN(C(=O)C2CCCCS2(=O)=O)C(C(=O)O)C1. The van der Waals surface area contributed by atoms with Crippen LogP contribution in [0.4, 0.5) is 0 Å². The molecule has 0 aliphatic carbocycles. The van der Waals surface area contributed by atoms with Crippen LogP contribution in [0.25, 0.3) is 0 Å². The van der Waals surface area contributed by atoms with Crippen LogP contribution in [0.5, 0.6) is 0 Å². The minimum absolute atomic E-state index is 0.0331. The van der Waals surface area contributed by atoms with Crippen molar-refractivity contribution in [2.24, 2.45) is 5.92 Å². The molecule has 2 fully saturated rings. The first-order chi connectivity index (χ1) is 9.33. The van der Waals surface area contributed by atoms with E-state index in [0.29, 0.717) is 32.2 Å². The molecule has 2 aliphatic rings. The lowest BCUT2D eigenvalue weighted by atomic mass is 9.92. The monoisotopic (exact) mass is 303 g/mol. The highest BCUT2D eigenvalue weighted by molar-refractivity contribution is 7.92. The van der Waals surface area contributed by atoms with E-state index in [0.717, 1.165) is 6.42 Å². The van der Waals surface area contributed by atoms with Gasteiger partial charge in [-0.15, -0.1) is 0 Å². The van der Waals surface area contributed by atoms with Crippen molar-refractivity contribution in [2.45, 2.75) is 50.3 Å². The fourth-order valence-electron chi connectivity index (χ4n) is 3.06.